The van der Waals surface area contributed by atoms with Crippen LogP contribution in [0.3, 0.4) is 0 Å². The summed E-state index contributed by atoms with van der Waals surface area (Å²) in [7, 11) is -6.00. The van der Waals surface area contributed by atoms with Crippen LogP contribution >= 0.6 is 12.6 Å². The smallest absolute Gasteiger partial charge is 0.418 e. The third kappa shape index (κ3) is 9.76. The second-order valence-electron chi connectivity index (χ2n) is 3.02. The van der Waals surface area contributed by atoms with E-state index in [1.54, 1.807) is 0 Å². The Kier molecular flexibility index (Phi) is 7.11. The van der Waals surface area contributed by atoms with Crippen LogP contribution in [0.15, 0.2) is 25.2 Å². The first-order valence-corrected chi connectivity index (χ1v) is 5.29. The van der Waals surface area contributed by atoms with Gasteiger partial charge in [-0.05, 0) is 18.4 Å². The van der Waals surface area contributed by atoms with Gasteiger partial charge in [-0.2, -0.15) is 12.6 Å². The minimum Gasteiger partial charge on any atom is -0.418 e. The standard InChI is InChI=1S/C8H14N2S.BF4/c1-2-9-5-6-10(8-9)4-3-7-11;2-1(3,4)5/h2,5-6,11H,1,3-4,7-8H2;/q;-1. The summed E-state index contributed by atoms with van der Waals surface area (Å²) in [5.41, 5.74) is 0. The van der Waals surface area contributed by atoms with E-state index in [4.69, 9.17) is 0 Å². The van der Waals surface area contributed by atoms with E-state index < -0.39 is 7.25 Å². The third-order valence-electron chi connectivity index (χ3n) is 1.65. The van der Waals surface area contributed by atoms with Gasteiger partial charge in [-0.1, -0.05) is 6.58 Å². The Hall–Kier alpha value is -0.785. The molecule has 0 fully saturated rings. The van der Waals surface area contributed by atoms with E-state index in [1.165, 1.54) is 0 Å². The van der Waals surface area contributed by atoms with Gasteiger partial charge in [-0.3, -0.25) is 0 Å². The molecule has 0 aromatic carbocycles. The van der Waals surface area contributed by atoms with Crippen LogP contribution in [-0.4, -0.2) is 36.0 Å². The van der Waals surface area contributed by atoms with E-state index in [1.807, 2.05) is 12.4 Å². The molecule has 0 radical (unpaired) electrons. The van der Waals surface area contributed by atoms with Crippen molar-refractivity contribution in [2.24, 2.45) is 0 Å². The van der Waals surface area contributed by atoms with E-state index in [2.05, 4.69) is 35.2 Å². The van der Waals surface area contributed by atoms with Gasteiger partial charge in [-0.15, -0.1) is 0 Å². The van der Waals surface area contributed by atoms with E-state index in [0.29, 0.717) is 0 Å². The molecule has 0 amide bonds. The maximum atomic E-state index is 9.75. The Balaban J connectivity index is 0.000000385. The van der Waals surface area contributed by atoms with Crippen molar-refractivity contribution in [1.29, 1.82) is 0 Å². The van der Waals surface area contributed by atoms with Gasteiger partial charge >= 0.3 is 7.25 Å². The number of nitrogens with zero attached hydrogens (tertiary/aromatic N) is 2. The number of hydrogen-bond acceptors (Lipinski definition) is 3. The third-order valence-corrected chi connectivity index (χ3v) is 1.97. The Bertz CT molecular complexity index is 229. The average molecular weight is 257 g/mol. The van der Waals surface area contributed by atoms with Crippen LogP contribution in [0.4, 0.5) is 17.3 Å². The Labute approximate surface area is 98.1 Å². The van der Waals surface area contributed by atoms with Crippen LogP contribution in [-0.2, 0) is 0 Å². The van der Waals surface area contributed by atoms with Crippen molar-refractivity contribution in [2.45, 2.75) is 6.42 Å². The van der Waals surface area contributed by atoms with E-state index in [-0.39, 0.29) is 0 Å². The lowest BCUT2D eigenvalue weighted by atomic mass is 10.3. The molecule has 0 N–H and O–H groups in total. The van der Waals surface area contributed by atoms with Gasteiger partial charge in [0.25, 0.3) is 0 Å². The highest BCUT2D eigenvalue weighted by molar-refractivity contribution is 7.80. The lowest BCUT2D eigenvalue weighted by Gasteiger charge is -2.17. The quantitative estimate of drug-likeness (QED) is 0.470. The van der Waals surface area contributed by atoms with Gasteiger partial charge in [0.05, 0.1) is 6.67 Å². The molecule has 1 heterocycles. The summed E-state index contributed by atoms with van der Waals surface area (Å²) >= 11 is 4.15. The van der Waals surface area contributed by atoms with Crippen molar-refractivity contribution >= 4 is 19.9 Å². The molecule has 0 saturated carbocycles. The van der Waals surface area contributed by atoms with E-state index in [9.17, 15) is 17.3 Å². The monoisotopic (exact) mass is 257 g/mol. The lowest BCUT2D eigenvalue weighted by Crippen LogP contribution is -2.22. The fraction of sp³-hybridized carbons (Fsp3) is 0.500. The molecule has 1 aliphatic rings. The number of rotatable bonds is 4. The molecule has 0 aromatic heterocycles. The second kappa shape index (κ2) is 7.48. The van der Waals surface area contributed by atoms with Crippen molar-refractivity contribution in [1.82, 2.24) is 9.80 Å². The predicted octanol–water partition coefficient (Wildman–Crippen LogP) is 2.80. The average Bonchev–Trinajstić information content (AvgIpc) is 2.59. The van der Waals surface area contributed by atoms with Crippen LogP contribution < -0.4 is 0 Å². The number of halogens is 4. The molecule has 0 unspecified atom stereocenters. The Morgan fingerprint density at radius 3 is 2.25 bits per heavy atom. The highest BCUT2D eigenvalue weighted by Crippen LogP contribution is 2.07. The molecule has 2 nitrogen and oxygen atoms in total. The molecule has 8 heteroatoms. The fourth-order valence-corrected chi connectivity index (χ4v) is 1.16. The SMILES string of the molecule is C=CN1C=CN(CCCS)C1.F[B-](F)(F)F. The van der Waals surface area contributed by atoms with Crippen molar-refractivity contribution in [3.8, 4) is 0 Å². The van der Waals surface area contributed by atoms with Crippen molar-refractivity contribution < 1.29 is 17.3 Å². The van der Waals surface area contributed by atoms with Gasteiger partial charge in [0, 0.05) is 18.9 Å². The first kappa shape index (κ1) is 15.2. The summed E-state index contributed by atoms with van der Waals surface area (Å²) in [5, 5.41) is 0. The van der Waals surface area contributed by atoms with Crippen LogP contribution in [0.1, 0.15) is 6.42 Å². The molecular formula is C8H14BF4N2S-. The Morgan fingerprint density at radius 1 is 1.31 bits per heavy atom. The molecule has 1 aliphatic heterocycles. The van der Waals surface area contributed by atoms with Crippen LogP contribution in [0, 0.1) is 0 Å². The molecule has 0 aromatic rings. The molecule has 0 spiro atoms. The zero-order valence-corrected chi connectivity index (χ0v) is 9.59. The molecule has 16 heavy (non-hydrogen) atoms. The summed E-state index contributed by atoms with van der Waals surface area (Å²) in [5.74, 6) is 0.957. The zero-order chi connectivity index (χ0) is 12.6. The van der Waals surface area contributed by atoms with Gasteiger partial charge in [0.2, 0.25) is 0 Å². The summed E-state index contributed by atoms with van der Waals surface area (Å²) < 4.78 is 39.0. The van der Waals surface area contributed by atoms with Gasteiger partial charge in [0.15, 0.2) is 0 Å². The number of thiol groups is 1. The predicted molar refractivity (Wildman–Crippen MR) is 61.4 cm³/mol. The highest BCUT2D eigenvalue weighted by atomic mass is 32.1. The minimum atomic E-state index is -6.00. The second-order valence-corrected chi connectivity index (χ2v) is 3.47. The van der Waals surface area contributed by atoms with Crippen LogP contribution in [0.5, 0.6) is 0 Å². The van der Waals surface area contributed by atoms with E-state index >= 15 is 0 Å². The molecule has 0 saturated heterocycles. The van der Waals surface area contributed by atoms with Gasteiger partial charge < -0.3 is 27.1 Å². The first-order chi connectivity index (χ1) is 7.36. The van der Waals surface area contributed by atoms with Crippen LogP contribution in [0.25, 0.3) is 0 Å². The molecular weight excluding hydrogens is 243 g/mol. The summed E-state index contributed by atoms with van der Waals surface area (Å²) in [6.07, 6.45) is 7.09. The summed E-state index contributed by atoms with van der Waals surface area (Å²) in [6, 6.07) is 0. The fourth-order valence-electron chi connectivity index (χ4n) is 1.02. The lowest BCUT2D eigenvalue weighted by molar-refractivity contribution is 0.316. The Morgan fingerprint density at radius 2 is 1.88 bits per heavy atom. The molecule has 1 rings (SSSR count). The summed E-state index contributed by atoms with van der Waals surface area (Å²) in [6.45, 7) is 5.72. The maximum absolute atomic E-state index is 9.75. The van der Waals surface area contributed by atoms with Gasteiger partial charge in [0.1, 0.15) is 0 Å². The topological polar surface area (TPSA) is 6.48 Å². The number of hydrogen-bond donors (Lipinski definition) is 1. The molecule has 94 valence electrons. The summed E-state index contributed by atoms with van der Waals surface area (Å²) in [4.78, 5) is 4.30. The normalized spacial score (nSPS) is 14.8. The largest absolute Gasteiger partial charge is 0.673 e. The van der Waals surface area contributed by atoms with Crippen LogP contribution in [0.2, 0.25) is 0 Å². The molecule has 0 bridgehead atoms. The minimum absolute atomic E-state index is 0.942. The zero-order valence-electron chi connectivity index (χ0n) is 8.70. The first-order valence-electron chi connectivity index (χ1n) is 4.65. The van der Waals surface area contributed by atoms with Gasteiger partial charge in [-0.25, -0.2) is 0 Å². The molecule has 0 atom stereocenters. The maximum Gasteiger partial charge on any atom is 0.673 e. The van der Waals surface area contributed by atoms with Crippen molar-refractivity contribution in [3.05, 3.63) is 25.2 Å². The highest BCUT2D eigenvalue weighted by Gasteiger charge is 2.20. The van der Waals surface area contributed by atoms with Crippen molar-refractivity contribution in [2.75, 3.05) is 19.0 Å². The van der Waals surface area contributed by atoms with E-state index in [0.717, 1.165) is 25.4 Å². The van der Waals surface area contributed by atoms with Crippen molar-refractivity contribution in [3.63, 3.8) is 0 Å². The molecule has 0 aliphatic carbocycles.